The molecule has 8 heteroatoms. The third kappa shape index (κ3) is 4.91. The molecule has 1 heterocycles. The molecule has 0 spiro atoms. The first kappa shape index (κ1) is 23.3. The molecule has 0 saturated carbocycles. The van der Waals surface area contributed by atoms with Crippen LogP contribution in [0.15, 0.2) is 47.3 Å². The lowest BCUT2D eigenvalue weighted by Gasteiger charge is -2.16. The maximum absolute atomic E-state index is 13.2. The second-order valence-electron chi connectivity index (χ2n) is 7.47. The van der Waals surface area contributed by atoms with E-state index in [1.165, 1.54) is 16.7 Å². The molecule has 0 unspecified atom stereocenters. The van der Waals surface area contributed by atoms with E-state index in [0.717, 1.165) is 26.1 Å². The highest BCUT2D eigenvalue weighted by atomic mass is 16.5. The van der Waals surface area contributed by atoms with Gasteiger partial charge in [-0.2, -0.15) is 9.78 Å². The summed E-state index contributed by atoms with van der Waals surface area (Å²) in [4.78, 5) is 27.7. The Kier molecular flexibility index (Phi) is 7.83. The number of methoxy groups -OCH3 is 2. The van der Waals surface area contributed by atoms with Crippen LogP contribution in [0.4, 0.5) is 0 Å². The molecule has 8 nitrogen and oxygen atoms in total. The Bertz CT molecular complexity index is 1140. The Morgan fingerprint density at radius 1 is 1.06 bits per heavy atom. The van der Waals surface area contributed by atoms with Gasteiger partial charge < -0.3 is 19.7 Å². The average molecular weight is 440 g/mol. The first-order chi connectivity index (χ1) is 15.5. The van der Waals surface area contributed by atoms with Crippen LogP contribution in [0.3, 0.4) is 0 Å². The summed E-state index contributed by atoms with van der Waals surface area (Å²) in [7, 11) is 3.06. The molecular formula is C24H31N4O4+. The van der Waals surface area contributed by atoms with E-state index in [-0.39, 0.29) is 17.2 Å². The number of amides is 1. The lowest BCUT2D eigenvalue weighted by Crippen LogP contribution is -3.11. The summed E-state index contributed by atoms with van der Waals surface area (Å²) in [6.07, 6.45) is 0.868. The lowest BCUT2D eigenvalue weighted by molar-refractivity contribution is -0.896. The van der Waals surface area contributed by atoms with Gasteiger partial charge in [0, 0.05) is 24.4 Å². The molecule has 2 aromatic carbocycles. The molecule has 170 valence electrons. The minimum absolute atomic E-state index is 0.202. The molecule has 2 N–H and O–H groups in total. The van der Waals surface area contributed by atoms with Crippen molar-refractivity contribution in [3.8, 4) is 17.2 Å². The second-order valence-corrected chi connectivity index (χ2v) is 7.47. The molecule has 32 heavy (non-hydrogen) atoms. The Labute approximate surface area is 187 Å². The number of hydrogen-bond donors (Lipinski definition) is 2. The van der Waals surface area contributed by atoms with E-state index >= 15 is 0 Å². The maximum atomic E-state index is 13.2. The topological polar surface area (TPSA) is 86.9 Å². The molecule has 0 saturated heterocycles. The van der Waals surface area contributed by atoms with Gasteiger partial charge in [-0.1, -0.05) is 18.2 Å². The molecule has 0 fully saturated rings. The van der Waals surface area contributed by atoms with E-state index in [0.29, 0.717) is 34.5 Å². The quantitative estimate of drug-likeness (QED) is 0.467. The van der Waals surface area contributed by atoms with Crippen LogP contribution < -0.4 is 25.2 Å². The van der Waals surface area contributed by atoms with Gasteiger partial charge in [0.1, 0.15) is 17.2 Å². The number of hydrogen-bond acceptors (Lipinski definition) is 5. The van der Waals surface area contributed by atoms with Gasteiger partial charge in [0.2, 0.25) is 0 Å². The summed E-state index contributed by atoms with van der Waals surface area (Å²) >= 11 is 0. The Balaban J connectivity index is 1.98. The minimum Gasteiger partial charge on any atom is -0.497 e. The zero-order valence-corrected chi connectivity index (χ0v) is 19.1. The Morgan fingerprint density at radius 2 is 1.78 bits per heavy atom. The van der Waals surface area contributed by atoms with Crippen molar-refractivity contribution in [2.24, 2.45) is 0 Å². The van der Waals surface area contributed by atoms with E-state index in [1.54, 1.807) is 49.6 Å². The first-order valence-corrected chi connectivity index (χ1v) is 10.9. The van der Waals surface area contributed by atoms with Gasteiger partial charge >= 0.3 is 0 Å². The van der Waals surface area contributed by atoms with Crippen molar-refractivity contribution in [3.63, 3.8) is 0 Å². The van der Waals surface area contributed by atoms with Gasteiger partial charge in [0.15, 0.2) is 5.69 Å². The monoisotopic (exact) mass is 439 g/mol. The van der Waals surface area contributed by atoms with Crippen LogP contribution in [-0.4, -0.2) is 56.1 Å². The number of carbonyl (C=O) groups is 1. The number of nitrogens with one attached hydrogen (secondary N) is 2. The number of rotatable bonds is 10. The summed E-state index contributed by atoms with van der Waals surface area (Å²) in [5, 5.41) is 8.34. The van der Waals surface area contributed by atoms with Crippen LogP contribution in [0, 0.1) is 0 Å². The van der Waals surface area contributed by atoms with Gasteiger partial charge in [-0.15, -0.1) is 0 Å². The maximum Gasteiger partial charge on any atom is 0.279 e. The molecule has 1 aromatic heterocycles. The fraction of sp³-hybridized carbons (Fsp3) is 0.375. The van der Waals surface area contributed by atoms with E-state index < -0.39 is 0 Å². The highest BCUT2D eigenvalue weighted by Gasteiger charge is 2.19. The molecule has 3 aromatic rings. The van der Waals surface area contributed by atoms with Crippen molar-refractivity contribution in [1.29, 1.82) is 0 Å². The molecule has 0 atom stereocenters. The zero-order chi connectivity index (χ0) is 23.1. The number of benzene rings is 2. The third-order valence-corrected chi connectivity index (χ3v) is 5.63. The first-order valence-electron chi connectivity index (χ1n) is 10.9. The van der Waals surface area contributed by atoms with Gasteiger partial charge in [-0.05, 0) is 32.0 Å². The van der Waals surface area contributed by atoms with E-state index in [4.69, 9.17) is 9.47 Å². The normalized spacial score (nSPS) is 11.0. The number of fused-ring (bicyclic) bond motifs is 1. The summed E-state index contributed by atoms with van der Waals surface area (Å²) in [5.74, 6) is 0.701. The van der Waals surface area contributed by atoms with Crippen molar-refractivity contribution in [2.45, 2.75) is 20.3 Å². The van der Waals surface area contributed by atoms with Gasteiger partial charge in [-0.3, -0.25) is 9.59 Å². The summed E-state index contributed by atoms with van der Waals surface area (Å²) in [6, 6.07) is 12.1. The Morgan fingerprint density at radius 3 is 2.44 bits per heavy atom. The number of aromatic nitrogens is 2. The molecule has 1 amide bonds. The van der Waals surface area contributed by atoms with Crippen LogP contribution in [0.5, 0.6) is 11.5 Å². The van der Waals surface area contributed by atoms with Gasteiger partial charge in [0.25, 0.3) is 11.5 Å². The van der Waals surface area contributed by atoms with Crippen LogP contribution in [0.1, 0.15) is 30.8 Å². The molecule has 0 aliphatic carbocycles. The highest BCUT2D eigenvalue weighted by Crippen LogP contribution is 2.27. The van der Waals surface area contributed by atoms with Crippen molar-refractivity contribution >= 4 is 16.7 Å². The van der Waals surface area contributed by atoms with Crippen LogP contribution >= 0.6 is 0 Å². The van der Waals surface area contributed by atoms with Gasteiger partial charge in [0.05, 0.1) is 39.2 Å². The van der Waals surface area contributed by atoms with Crippen molar-refractivity contribution in [1.82, 2.24) is 15.1 Å². The number of nitrogens with zero attached hydrogens (tertiary/aromatic N) is 2. The molecule has 0 radical (unpaired) electrons. The van der Waals surface area contributed by atoms with Crippen molar-refractivity contribution in [2.75, 3.05) is 40.4 Å². The fourth-order valence-corrected chi connectivity index (χ4v) is 3.71. The molecule has 0 aliphatic heterocycles. The second kappa shape index (κ2) is 10.8. The minimum atomic E-state index is -0.328. The highest BCUT2D eigenvalue weighted by molar-refractivity contribution is 6.04. The predicted octanol–water partition coefficient (Wildman–Crippen LogP) is 1.45. The summed E-state index contributed by atoms with van der Waals surface area (Å²) in [5.41, 5.74) is 0.308. The van der Waals surface area contributed by atoms with Crippen molar-refractivity contribution in [3.05, 3.63) is 58.5 Å². The van der Waals surface area contributed by atoms with Crippen LogP contribution in [0.2, 0.25) is 0 Å². The third-order valence-electron chi connectivity index (χ3n) is 5.63. The summed E-state index contributed by atoms with van der Waals surface area (Å²) in [6.45, 7) is 7.97. The number of quaternary nitrogens is 1. The Hall–Kier alpha value is -3.39. The van der Waals surface area contributed by atoms with Crippen LogP contribution in [-0.2, 0) is 0 Å². The molecular weight excluding hydrogens is 408 g/mol. The number of ether oxygens (including phenoxy) is 2. The molecule has 0 bridgehead atoms. The zero-order valence-electron chi connectivity index (χ0n) is 19.1. The standard InChI is InChI=1S/C24H30N4O4/c1-5-27(6-2)15-9-14-25-23(29)22-18-10-7-8-11-19(18)24(30)28(26-22)20-13-12-17(31-3)16-21(20)32-4/h7-8,10-13,16H,5-6,9,14-15H2,1-4H3,(H,25,29)/p+1. The lowest BCUT2D eigenvalue weighted by atomic mass is 10.1. The average Bonchev–Trinajstić information content (AvgIpc) is 2.84. The smallest absolute Gasteiger partial charge is 0.279 e. The van der Waals surface area contributed by atoms with Gasteiger partial charge in [-0.25, -0.2) is 0 Å². The van der Waals surface area contributed by atoms with E-state index in [1.807, 2.05) is 0 Å². The van der Waals surface area contributed by atoms with E-state index in [9.17, 15) is 9.59 Å². The van der Waals surface area contributed by atoms with E-state index in [2.05, 4.69) is 24.3 Å². The SMILES string of the molecule is CC[NH+](CC)CCCNC(=O)c1nn(-c2ccc(OC)cc2OC)c(=O)c2ccccc12. The number of carbonyl (C=O) groups excluding carboxylic acids is 1. The largest absolute Gasteiger partial charge is 0.497 e. The predicted molar refractivity (Wildman–Crippen MR) is 124 cm³/mol. The summed E-state index contributed by atoms with van der Waals surface area (Å²) < 4.78 is 11.9. The molecule has 3 rings (SSSR count). The van der Waals surface area contributed by atoms with Crippen molar-refractivity contribution < 1.29 is 19.2 Å². The fourth-order valence-electron chi connectivity index (χ4n) is 3.71. The van der Waals surface area contributed by atoms with Crippen LogP contribution in [0.25, 0.3) is 16.5 Å². The molecule has 0 aliphatic rings.